The molecule has 0 saturated heterocycles. The second-order valence-corrected chi connectivity index (χ2v) is 7.82. The van der Waals surface area contributed by atoms with Crippen LogP contribution in [0, 0.1) is 0 Å². The summed E-state index contributed by atoms with van der Waals surface area (Å²) in [6.45, 7) is 0.530. The molecule has 0 atom stereocenters. The molecular weight excluding hydrogens is 410 g/mol. The number of rotatable bonds is 4. The van der Waals surface area contributed by atoms with Crippen LogP contribution in [0.25, 0.3) is 10.2 Å². The van der Waals surface area contributed by atoms with Crippen LogP contribution in [0.1, 0.15) is 15.9 Å². The highest BCUT2D eigenvalue weighted by molar-refractivity contribution is 7.22. The van der Waals surface area contributed by atoms with Gasteiger partial charge in [-0.25, -0.2) is 4.98 Å². The number of nitrogens with zero attached hydrogens (tertiary/aromatic N) is 3. The van der Waals surface area contributed by atoms with Crippen LogP contribution in [0.4, 0.5) is 5.13 Å². The Morgan fingerprint density at radius 3 is 2.76 bits per heavy atom. The zero-order valence-corrected chi connectivity index (χ0v) is 16.6. The number of anilines is 1. The van der Waals surface area contributed by atoms with Gasteiger partial charge in [0.1, 0.15) is 0 Å². The van der Waals surface area contributed by atoms with Gasteiger partial charge in [-0.1, -0.05) is 41.1 Å². The van der Waals surface area contributed by atoms with E-state index in [1.807, 2.05) is 24.3 Å². The van der Waals surface area contributed by atoms with Gasteiger partial charge in [-0.3, -0.25) is 14.7 Å². The monoisotopic (exact) mass is 423 g/mol. The van der Waals surface area contributed by atoms with Gasteiger partial charge < -0.3 is 9.47 Å². The fraction of sp³-hybridized carbons (Fsp3) is 0.0952. The molecule has 5 rings (SSSR count). The summed E-state index contributed by atoms with van der Waals surface area (Å²) in [4.78, 5) is 23.8. The highest BCUT2D eigenvalue weighted by Crippen LogP contribution is 2.40. The molecule has 1 aliphatic heterocycles. The summed E-state index contributed by atoms with van der Waals surface area (Å²) >= 11 is 7.70. The van der Waals surface area contributed by atoms with E-state index in [2.05, 4.69) is 9.97 Å². The Morgan fingerprint density at radius 2 is 1.97 bits per heavy atom. The van der Waals surface area contributed by atoms with Crippen molar-refractivity contribution in [2.45, 2.75) is 6.54 Å². The fourth-order valence-electron chi connectivity index (χ4n) is 3.10. The number of thiazole rings is 1. The van der Waals surface area contributed by atoms with Crippen molar-refractivity contribution in [1.29, 1.82) is 0 Å². The van der Waals surface area contributed by atoms with Gasteiger partial charge in [0.2, 0.25) is 6.79 Å². The second kappa shape index (κ2) is 7.35. The van der Waals surface area contributed by atoms with E-state index in [4.69, 9.17) is 21.1 Å². The minimum absolute atomic E-state index is 0.206. The minimum Gasteiger partial charge on any atom is -0.454 e. The number of pyridine rings is 1. The van der Waals surface area contributed by atoms with Crippen molar-refractivity contribution in [1.82, 2.24) is 9.97 Å². The van der Waals surface area contributed by atoms with Gasteiger partial charge in [-0.05, 0) is 23.8 Å². The Balaban J connectivity index is 1.59. The average molecular weight is 424 g/mol. The molecule has 0 bridgehead atoms. The predicted octanol–water partition coefficient (Wildman–Crippen LogP) is 4.92. The van der Waals surface area contributed by atoms with Crippen LogP contribution in [0.2, 0.25) is 5.02 Å². The highest BCUT2D eigenvalue weighted by Gasteiger charge is 2.25. The van der Waals surface area contributed by atoms with Crippen LogP contribution in [0.15, 0.2) is 60.9 Å². The lowest BCUT2D eigenvalue weighted by Crippen LogP contribution is -2.30. The quantitative estimate of drug-likeness (QED) is 0.466. The number of benzene rings is 2. The van der Waals surface area contributed by atoms with E-state index in [9.17, 15) is 4.79 Å². The summed E-state index contributed by atoms with van der Waals surface area (Å²) in [7, 11) is 0. The van der Waals surface area contributed by atoms with Crippen molar-refractivity contribution in [3.05, 3.63) is 77.1 Å². The SMILES string of the molecule is O=C(c1ccccc1Cl)N(Cc1cccnc1)c1nc2cc3c(cc2s1)OCO3. The Bertz CT molecular complexity index is 1170. The van der Waals surface area contributed by atoms with Crippen LogP contribution in [0.3, 0.4) is 0 Å². The standard InChI is InChI=1S/C21H14ClN3O3S/c22-15-6-2-1-5-14(15)20(26)25(11-13-4-3-7-23-10-13)21-24-16-8-17-18(28-12-27-17)9-19(16)29-21/h1-10H,11-12H2. The minimum atomic E-state index is -0.224. The summed E-state index contributed by atoms with van der Waals surface area (Å²) in [5.74, 6) is 1.12. The Hall–Kier alpha value is -3.16. The summed E-state index contributed by atoms with van der Waals surface area (Å²) in [6.07, 6.45) is 3.43. The fourth-order valence-corrected chi connectivity index (χ4v) is 4.29. The number of carbonyl (C=O) groups excluding carboxylic acids is 1. The van der Waals surface area contributed by atoms with Crippen LogP contribution >= 0.6 is 22.9 Å². The van der Waals surface area contributed by atoms with Crippen molar-refractivity contribution in [3.8, 4) is 11.5 Å². The van der Waals surface area contributed by atoms with Crippen LogP contribution < -0.4 is 14.4 Å². The van der Waals surface area contributed by atoms with Crippen molar-refractivity contribution in [3.63, 3.8) is 0 Å². The number of hydrogen-bond acceptors (Lipinski definition) is 6. The van der Waals surface area contributed by atoms with E-state index in [1.54, 1.807) is 41.6 Å². The number of aromatic nitrogens is 2. The predicted molar refractivity (Wildman–Crippen MR) is 112 cm³/mol. The van der Waals surface area contributed by atoms with Crippen LogP contribution in [-0.4, -0.2) is 22.7 Å². The maximum Gasteiger partial charge on any atom is 0.261 e. The lowest BCUT2D eigenvalue weighted by Gasteiger charge is -2.20. The summed E-state index contributed by atoms with van der Waals surface area (Å²) in [5.41, 5.74) is 2.06. The zero-order valence-electron chi connectivity index (χ0n) is 15.0. The maximum atomic E-state index is 13.4. The van der Waals surface area contributed by atoms with E-state index >= 15 is 0 Å². The largest absolute Gasteiger partial charge is 0.454 e. The molecule has 3 heterocycles. The van der Waals surface area contributed by atoms with Gasteiger partial charge in [-0.15, -0.1) is 0 Å². The molecule has 0 radical (unpaired) electrons. The average Bonchev–Trinajstić information content (AvgIpc) is 3.36. The van der Waals surface area contributed by atoms with Gasteiger partial charge >= 0.3 is 0 Å². The lowest BCUT2D eigenvalue weighted by molar-refractivity contribution is 0.0985. The molecule has 0 unspecified atom stereocenters. The molecule has 1 aliphatic rings. The third-order valence-electron chi connectivity index (χ3n) is 4.52. The van der Waals surface area contributed by atoms with Crippen molar-refractivity contribution in [2.24, 2.45) is 0 Å². The van der Waals surface area contributed by atoms with Crippen molar-refractivity contribution in [2.75, 3.05) is 11.7 Å². The van der Waals surface area contributed by atoms with Crippen molar-refractivity contribution < 1.29 is 14.3 Å². The van der Waals surface area contributed by atoms with Gasteiger partial charge in [0.25, 0.3) is 5.91 Å². The zero-order chi connectivity index (χ0) is 19.8. The molecule has 0 N–H and O–H groups in total. The van der Waals surface area contributed by atoms with E-state index in [1.165, 1.54) is 11.3 Å². The summed E-state index contributed by atoms with van der Waals surface area (Å²) in [5, 5.41) is 0.966. The molecule has 144 valence electrons. The molecule has 1 amide bonds. The third kappa shape index (κ3) is 3.39. The Morgan fingerprint density at radius 1 is 1.14 bits per heavy atom. The first-order chi connectivity index (χ1) is 14.2. The molecular formula is C21H14ClN3O3S. The van der Waals surface area contributed by atoms with Gasteiger partial charge in [-0.2, -0.15) is 0 Å². The van der Waals surface area contributed by atoms with Gasteiger partial charge in [0.15, 0.2) is 16.6 Å². The van der Waals surface area contributed by atoms with E-state index < -0.39 is 0 Å². The molecule has 8 heteroatoms. The lowest BCUT2D eigenvalue weighted by atomic mass is 10.2. The van der Waals surface area contributed by atoms with E-state index in [0.29, 0.717) is 33.8 Å². The van der Waals surface area contributed by atoms with Crippen molar-refractivity contribution >= 4 is 44.2 Å². The number of amides is 1. The van der Waals surface area contributed by atoms with E-state index in [-0.39, 0.29) is 12.7 Å². The van der Waals surface area contributed by atoms with E-state index in [0.717, 1.165) is 15.8 Å². The highest BCUT2D eigenvalue weighted by atomic mass is 35.5. The third-order valence-corrected chi connectivity index (χ3v) is 5.89. The van der Waals surface area contributed by atoms with Crippen LogP contribution in [0.5, 0.6) is 11.5 Å². The molecule has 0 aliphatic carbocycles. The Kier molecular flexibility index (Phi) is 4.54. The number of hydrogen-bond donors (Lipinski definition) is 0. The first-order valence-corrected chi connectivity index (χ1v) is 10.0. The summed E-state index contributed by atoms with van der Waals surface area (Å²) < 4.78 is 11.8. The topological polar surface area (TPSA) is 64.6 Å². The maximum absolute atomic E-state index is 13.4. The molecule has 2 aromatic heterocycles. The Labute approximate surface area is 175 Å². The first-order valence-electron chi connectivity index (χ1n) is 8.84. The molecule has 4 aromatic rings. The normalized spacial score (nSPS) is 12.3. The summed E-state index contributed by atoms with van der Waals surface area (Å²) in [6, 6.07) is 14.5. The number of fused-ring (bicyclic) bond motifs is 2. The van der Waals surface area contributed by atoms with Gasteiger partial charge in [0.05, 0.1) is 27.3 Å². The molecule has 0 fully saturated rings. The molecule has 0 spiro atoms. The number of carbonyl (C=O) groups is 1. The van der Waals surface area contributed by atoms with Crippen LogP contribution in [-0.2, 0) is 6.54 Å². The molecule has 2 aromatic carbocycles. The molecule has 6 nitrogen and oxygen atoms in total. The van der Waals surface area contributed by atoms with Gasteiger partial charge in [0, 0.05) is 24.5 Å². The molecule has 29 heavy (non-hydrogen) atoms. The first kappa shape index (κ1) is 17.9. The number of halogens is 1. The smallest absolute Gasteiger partial charge is 0.261 e. The number of ether oxygens (including phenoxy) is 2. The molecule has 0 saturated carbocycles. The second-order valence-electron chi connectivity index (χ2n) is 6.40.